The number of morpholine rings is 1. The first kappa shape index (κ1) is 14.6. The van der Waals surface area contributed by atoms with Crippen LogP contribution in [0, 0.1) is 0 Å². The zero-order valence-electron chi connectivity index (χ0n) is 12.3. The van der Waals surface area contributed by atoms with Crippen molar-refractivity contribution in [2.24, 2.45) is 0 Å². The number of benzene rings is 1. The van der Waals surface area contributed by atoms with E-state index in [1.165, 1.54) is 4.90 Å². The van der Waals surface area contributed by atoms with Crippen LogP contribution in [0.2, 0.25) is 5.02 Å². The summed E-state index contributed by atoms with van der Waals surface area (Å²) in [7, 11) is 0. The second-order valence-corrected chi connectivity index (χ2v) is 6.27. The first-order valence-electron chi connectivity index (χ1n) is 7.28. The molecule has 2 aromatic rings. The number of nitrogens with zero attached hydrogens (tertiary/aromatic N) is 1. The summed E-state index contributed by atoms with van der Waals surface area (Å²) in [6.45, 7) is 6.77. The summed E-state index contributed by atoms with van der Waals surface area (Å²) < 4.78 is 5.76. The van der Waals surface area contributed by atoms with E-state index in [2.05, 4.69) is 18.8 Å². The van der Waals surface area contributed by atoms with Gasteiger partial charge in [0.1, 0.15) is 37.4 Å². The highest BCUT2D eigenvalue weighted by Gasteiger charge is 2.26. The molecule has 0 spiro atoms. The maximum absolute atomic E-state index is 10.5. The molecule has 1 fully saturated rings. The maximum Gasteiger partial charge on any atom is 0.150 e. The molecule has 0 saturated carbocycles. The number of phenols is 1. The Morgan fingerprint density at radius 1 is 1.38 bits per heavy atom. The molecule has 1 aromatic carbocycles. The molecule has 0 radical (unpaired) electrons. The fraction of sp³-hybridized carbons (Fsp3) is 0.438. The second-order valence-electron chi connectivity index (χ2n) is 5.86. The molecule has 0 unspecified atom stereocenters. The molecule has 2 atom stereocenters. The van der Waals surface area contributed by atoms with Crippen molar-refractivity contribution < 1.29 is 14.7 Å². The summed E-state index contributed by atoms with van der Waals surface area (Å²) in [5.41, 5.74) is 1.43. The van der Waals surface area contributed by atoms with Gasteiger partial charge in [0.15, 0.2) is 5.75 Å². The lowest BCUT2D eigenvalue weighted by atomic mass is 10.1. The lowest BCUT2D eigenvalue weighted by Crippen LogP contribution is -3.14. The number of aromatic nitrogens is 1. The number of fused-ring (bicyclic) bond motifs is 1. The van der Waals surface area contributed by atoms with Crippen LogP contribution >= 0.6 is 11.6 Å². The van der Waals surface area contributed by atoms with E-state index in [1.54, 1.807) is 6.20 Å². The standard InChI is InChI=1S/C16H19ClN2O2/c1-10-7-19(8-11(2)21-10)9-12-6-14(17)13-4-3-5-18-15(13)16(12)20/h3-6,10-11,20H,7-9H2,1-2H3/p+1/t10-,11-/m0/s1. The number of nitrogens with one attached hydrogen (secondary N) is 1. The highest BCUT2D eigenvalue weighted by atomic mass is 35.5. The lowest BCUT2D eigenvalue weighted by molar-refractivity contribution is -0.928. The summed E-state index contributed by atoms with van der Waals surface area (Å²) in [6.07, 6.45) is 2.15. The predicted octanol–water partition coefficient (Wildman–Crippen LogP) is 1.79. The Balaban J connectivity index is 1.92. The van der Waals surface area contributed by atoms with Crippen LogP contribution < -0.4 is 4.90 Å². The molecule has 0 amide bonds. The maximum atomic E-state index is 10.5. The molecular weight excluding hydrogens is 288 g/mol. The first-order valence-corrected chi connectivity index (χ1v) is 7.66. The summed E-state index contributed by atoms with van der Waals surface area (Å²) in [6, 6.07) is 5.56. The van der Waals surface area contributed by atoms with Crippen LogP contribution in [0.4, 0.5) is 0 Å². The Labute approximate surface area is 129 Å². The molecule has 5 heteroatoms. The van der Waals surface area contributed by atoms with Crippen molar-refractivity contribution in [3.63, 3.8) is 0 Å². The highest BCUT2D eigenvalue weighted by Crippen LogP contribution is 2.32. The molecule has 1 aliphatic rings. The first-order chi connectivity index (χ1) is 10.0. The number of ether oxygens (including phenoxy) is 1. The largest absolute Gasteiger partial charge is 0.505 e. The number of quaternary nitrogens is 1. The topological polar surface area (TPSA) is 46.8 Å². The summed E-state index contributed by atoms with van der Waals surface area (Å²) in [5.74, 6) is 0.245. The SMILES string of the molecule is C[C@H]1C[NH+](Cc2cc(Cl)c3cccnc3c2O)C[C@H](C)O1. The third-order valence-corrected chi connectivity index (χ3v) is 4.26. The van der Waals surface area contributed by atoms with Gasteiger partial charge in [-0.05, 0) is 32.0 Å². The fourth-order valence-corrected chi connectivity index (χ4v) is 3.46. The van der Waals surface area contributed by atoms with E-state index in [9.17, 15) is 5.11 Å². The Morgan fingerprint density at radius 3 is 2.81 bits per heavy atom. The monoisotopic (exact) mass is 307 g/mol. The summed E-state index contributed by atoms with van der Waals surface area (Å²) in [5, 5.41) is 11.9. The smallest absolute Gasteiger partial charge is 0.150 e. The van der Waals surface area contributed by atoms with Gasteiger partial charge in [-0.25, -0.2) is 0 Å². The van der Waals surface area contributed by atoms with E-state index in [0.717, 1.165) is 30.6 Å². The van der Waals surface area contributed by atoms with Crippen molar-refractivity contribution in [1.82, 2.24) is 4.98 Å². The third kappa shape index (κ3) is 2.98. The fourth-order valence-electron chi connectivity index (χ4n) is 3.18. The van der Waals surface area contributed by atoms with Crippen LogP contribution in [0.5, 0.6) is 5.75 Å². The Morgan fingerprint density at radius 2 is 2.10 bits per heavy atom. The van der Waals surface area contributed by atoms with E-state index < -0.39 is 0 Å². The molecule has 3 rings (SSSR count). The van der Waals surface area contributed by atoms with Gasteiger partial charge in [0, 0.05) is 11.6 Å². The van der Waals surface area contributed by atoms with Crippen molar-refractivity contribution in [2.45, 2.75) is 32.6 Å². The minimum absolute atomic E-state index is 0.236. The number of hydrogen-bond acceptors (Lipinski definition) is 3. The average Bonchev–Trinajstić information content (AvgIpc) is 2.43. The normalized spacial score (nSPS) is 26.1. The van der Waals surface area contributed by atoms with Gasteiger partial charge < -0.3 is 14.7 Å². The molecule has 112 valence electrons. The van der Waals surface area contributed by atoms with Crippen molar-refractivity contribution in [2.75, 3.05) is 13.1 Å². The van der Waals surface area contributed by atoms with Crippen LogP contribution in [-0.2, 0) is 11.3 Å². The van der Waals surface area contributed by atoms with Crippen molar-refractivity contribution in [3.8, 4) is 5.75 Å². The van der Waals surface area contributed by atoms with E-state index in [4.69, 9.17) is 16.3 Å². The quantitative estimate of drug-likeness (QED) is 0.889. The van der Waals surface area contributed by atoms with Crippen molar-refractivity contribution >= 4 is 22.5 Å². The number of rotatable bonds is 2. The average molecular weight is 308 g/mol. The van der Waals surface area contributed by atoms with Gasteiger partial charge in [-0.2, -0.15) is 0 Å². The third-order valence-electron chi connectivity index (χ3n) is 3.95. The van der Waals surface area contributed by atoms with E-state index in [0.29, 0.717) is 10.5 Å². The Kier molecular flexibility index (Phi) is 4.02. The highest BCUT2D eigenvalue weighted by molar-refractivity contribution is 6.35. The predicted molar refractivity (Wildman–Crippen MR) is 82.8 cm³/mol. The van der Waals surface area contributed by atoms with E-state index in [1.807, 2.05) is 18.2 Å². The molecule has 0 bridgehead atoms. The van der Waals surface area contributed by atoms with Crippen molar-refractivity contribution in [1.29, 1.82) is 0 Å². The van der Waals surface area contributed by atoms with Crippen LogP contribution in [0.15, 0.2) is 24.4 Å². The van der Waals surface area contributed by atoms with E-state index in [-0.39, 0.29) is 18.0 Å². The minimum Gasteiger partial charge on any atom is -0.505 e. The molecule has 2 heterocycles. The van der Waals surface area contributed by atoms with Gasteiger partial charge in [-0.15, -0.1) is 0 Å². The molecule has 4 nitrogen and oxygen atoms in total. The number of aromatic hydroxyl groups is 1. The van der Waals surface area contributed by atoms with Crippen LogP contribution in [0.3, 0.4) is 0 Å². The van der Waals surface area contributed by atoms with Gasteiger partial charge in [-0.1, -0.05) is 11.6 Å². The zero-order chi connectivity index (χ0) is 15.0. The minimum atomic E-state index is 0.236. The van der Waals surface area contributed by atoms with Gasteiger partial charge >= 0.3 is 0 Å². The van der Waals surface area contributed by atoms with Gasteiger partial charge in [-0.3, -0.25) is 4.98 Å². The number of pyridine rings is 1. The zero-order valence-corrected chi connectivity index (χ0v) is 13.0. The number of hydrogen-bond donors (Lipinski definition) is 2. The van der Waals surface area contributed by atoms with Gasteiger partial charge in [0.2, 0.25) is 0 Å². The van der Waals surface area contributed by atoms with Crippen LogP contribution in [0.25, 0.3) is 10.9 Å². The molecule has 0 aliphatic carbocycles. The Bertz CT molecular complexity index is 652. The van der Waals surface area contributed by atoms with Crippen LogP contribution in [-0.4, -0.2) is 35.4 Å². The van der Waals surface area contributed by atoms with E-state index >= 15 is 0 Å². The summed E-state index contributed by atoms with van der Waals surface area (Å²) >= 11 is 6.32. The Hall–Kier alpha value is -1.36. The number of halogens is 1. The summed E-state index contributed by atoms with van der Waals surface area (Å²) in [4.78, 5) is 5.65. The number of phenolic OH excluding ortho intramolecular Hbond substituents is 1. The molecule has 1 aliphatic heterocycles. The molecular formula is C16H20ClN2O2+. The van der Waals surface area contributed by atoms with Crippen molar-refractivity contribution in [3.05, 3.63) is 35.0 Å². The molecule has 21 heavy (non-hydrogen) atoms. The lowest BCUT2D eigenvalue weighted by Gasteiger charge is -2.32. The van der Waals surface area contributed by atoms with Crippen LogP contribution in [0.1, 0.15) is 19.4 Å². The molecule has 1 saturated heterocycles. The molecule has 1 aromatic heterocycles. The van der Waals surface area contributed by atoms with Gasteiger partial charge in [0.05, 0.1) is 10.6 Å². The van der Waals surface area contributed by atoms with Gasteiger partial charge in [0.25, 0.3) is 0 Å². The second kappa shape index (κ2) is 5.79. The molecule has 2 N–H and O–H groups in total.